The number of aromatic nitrogens is 6. The fourth-order valence-corrected chi connectivity index (χ4v) is 3.98. The molecule has 0 amide bonds. The Morgan fingerprint density at radius 2 is 2.00 bits per heavy atom. The van der Waals surface area contributed by atoms with Crippen LogP contribution in [0.1, 0.15) is 43.3 Å². The van der Waals surface area contributed by atoms with Gasteiger partial charge in [-0.2, -0.15) is 0 Å². The van der Waals surface area contributed by atoms with E-state index in [0.29, 0.717) is 17.9 Å². The molecule has 1 N–H and O–H groups in total. The predicted octanol–water partition coefficient (Wildman–Crippen LogP) is 3.62. The lowest BCUT2D eigenvalue weighted by molar-refractivity contribution is 0.101. The first-order valence-electron chi connectivity index (χ1n) is 9.80. The Morgan fingerprint density at radius 3 is 2.67 bits per heavy atom. The number of methoxy groups -OCH3 is 2. The van der Waals surface area contributed by atoms with E-state index in [4.69, 9.17) is 9.47 Å². The van der Waals surface area contributed by atoms with E-state index in [2.05, 4.69) is 41.4 Å². The van der Waals surface area contributed by atoms with Crippen LogP contribution in [0.25, 0.3) is 11.5 Å². The van der Waals surface area contributed by atoms with Gasteiger partial charge in [0.05, 0.1) is 29.9 Å². The van der Waals surface area contributed by atoms with E-state index in [9.17, 15) is 0 Å². The van der Waals surface area contributed by atoms with Gasteiger partial charge in [-0.05, 0) is 44.7 Å². The number of nitrogens with zero attached hydrogens (tertiary/aromatic N) is 6. The molecule has 30 heavy (non-hydrogen) atoms. The summed E-state index contributed by atoms with van der Waals surface area (Å²) in [5.74, 6) is 2.00. The van der Waals surface area contributed by atoms with Crippen LogP contribution < -0.4 is 9.46 Å². The number of rotatable bonds is 9. The Hall–Kier alpha value is -2.72. The van der Waals surface area contributed by atoms with Crippen LogP contribution in [0.15, 0.2) is 30.6 Å². The monoisotopic (exact) mass is 427 g/mol. The van der Waals surface area contributed by atoms with E-state index < -0.39 is 0 Å². The van der Waals surface area contributed by atoms with Gasteiger partial charge in [0.2, 0.25) is 11.8 Å². The average molecular weight is 428 g/mol. The largest absolute Gasteiger partial charge is 0.481 e. The van der Waals surface area contributed by atoms with Crippen molar-refractivity contribution in [1.82, 2.24) is 29.7 Å². The minimum atomic E-state index is -0.201. The molecule has 158 valence electrons. The summed E-state index contributed by atoms with van der Waals surface area (Å²) >= 11 is 1.53. The summed E-state index contributed by atoms with van der Waals surface area (Å²) in [7, 11) is 3.29. The lowest BCUT2D eigenvalue weighted by Crippen LogP contribution is -2.18. The first-order valence-corrected chi connectivity index (χ1v) is 10.7. The van der Waals surface area contributed by atoms with Crippen molar-refractivity contribution in [3.8, 4) is 17.4 Å². The van der Waals surface area contributed by atoms with E-state index >= 15 is 0 Å². The van der Waals surface area contributed by atoms with Crippen molar-refractivity contribution in [3.05, 3.63) is 42.0 Å². The normalized spacial score (nSPS) is 15.6. The molecule has 0 saturated heterocycles. The van der Waals surface area contributed by atoms with Gasteiger partial charge in [-0.25, -0.2) is 4.98 Å². The van der Waals surface area contributed by atoms with Crippen molar-refractivity contribution in [2.24, 2.45) is 0 Å². The van der Waals surface area contributed by atoms with Gasteiger partial charge >= 0.3 is 0 Å². The van der Waals surface area contributed by atoms with Crippen molar-refractivity contribution in [3.63, 3.8) is 0 Å². The maximum Gasteiger partial charge on any atom is 0.235 e. The highest BCUT2D eigenvalue weighted by Gasteiger charge is 2.31. The van der Waals surface area contributed by atoms with Crippen LogP contribution >= 0.6 is 11.9 Å². The lowest BCUT2D eigenvalue weighted by Gasteiger charge is -2.21. The van der Waals surface area contributed by atoms with E-state index in [1.807, 2.05) is 25.1 Å². The maximum atomic E-state index is 5.69. The zero-order valence-corrected chi connectivity index (χ0v) is 18.3. The van der Waals surface area contributed by atoms with Gasteiger partial charge in [-0.3, -0.25) is 19.3 Å². The summed E-state index contributed by atoms with van der Waals surface area (Å²) in [4.78, 5) is 13.3. The molecule has 0 aromatic carbocycles. The van der Waals surface area contributed by atoms with E-state index in [-0.39, 0.29) is 11.4 Å². The van der Waals surface area contributed by atoms with E-state index in [0.717, 1.165) is 35.7 Å². The topological polar surface area (TPSA) is 99.9 Å². The summed E-state index contributed by atoms with van der Waals surface area (Å²) in [6.07, 6.45) is 5.52. The second-order valence-electron chi connectivity index (χ2n) is 7.18. The Balaban J connectivity index is 1.52. The van der Waals surface area contributed by atoms with Crippen LogP contribution in [0, 0.1) is 6.92 Å². The van der Waals surface area contributed by atoms with Crippen LogP contribution in [0.3, 0.4) is 0 Å². The van der Waals surface area contributed by atoms with Gasteiger partial charge in [0.15, 0.2) is 5.82 Å². The molecule has 4 rings (SSSR count). The summed E-state index contributed by atoms with van der Waals surface area (Å²) in [6.45, 7) is 3.99. The molecule has 0 radical (unpaired) electrons. The van der Waals surface area contributed by atoms with E-state index in [1.165, 1.54) is 11.9 Å². The van der Waals surface area contributed by atoms with Crippen LogP contribution in [0.5, 0.6) is 5.88 Å². The number of hydrogen-bond donors (Lipinski definition) is 1. The molecule has 9 nitrogen and oxygen atoms in total. The van der Waals surface area contributed by atoms with Crippen molar-refractivity contribution < 1.29 is 9.47 Å². The summed E-state index contributed by atoms with van der Waals surface area (Å²) in [6, 6.07) is 6.02. The molecule has 1 aliphatic carbocycles. The molecule has 2 unspecified atom stereocenters. The number of nitrogens with one attached hydrogen (secondary N) is 1. The zero-order valence-electron chi connectivity index (χ0n) is 17.4. The number of ether oxygens (including phenoxy) is 2. The molecule has 3 aromatic rings. The predicted molar refractivity (Wildman–Crippen MR) is 115 cm³/mol. The molecule has 3 aromatic heterocycles. The third-order valence-electron chi connectivity index (χ3n) is 4.88. The maximum absolute atomic E-state index is 5.69. The van der Waals surface area contributed by atoms with Crippen LogP contribution in [-0.4, -0.2) is 49.2 Å². The molecule has 0 spiro atoms. The molecule has 1 fully saturated rings. The molecule has 10 heteroatoms. The number of aryl methyl sites for hydroxylation is 1. The third kappa shape index (κ3) is 4.39. The van der Waals surface area contributed by atoms with Gasteiger partial charge in [-0.15, -0.1) is 10.2 Å². The number of pyridine rings is 1. The molecular weight excluding hydrogens is 402 g/mol. The second-order valence-corrected chi connectivity index (χ2v) is 8.36. The van der Waals surface area contributed by atoms with Gasteiger partial charge in [0.1, 0.15) is 11.8 Å². The van der Waals surface area contributed by atoms with Gasteiger partial charge < -0.3 is 9.47 Å². The van der Waals surface area contributed by atoms with Crippen molar-refractivity contribution >= 4 is 17.9 Å². The highest BCUT2D eigenvalue weighted by atomic mass is 32.2. The standard InChI is InChI=1S/C20H25N7O2S/c1-12-10-22-16(11-21-12)18(29-4)13(2)30-26-20-25-24-19(27(20)14-8-9-14)15-6-5-7-17(23-15)28-3/h5-7,10-11,13-14,18H,8-9H2,1-4H3,(H,25,26). The van der Waals surface area contributed by atoms with Gasteiger partial charge in [0.25, 0.3) is 0 Å². The Morgan fingerprint density at radius 1 is 1.17 bits per heavy atom. The van der Waals surface area contributed by atoms with Gasteiger partial charge in [-0.1, -0.05) is 6.07 Å². The fourth-order valence-electron chi connectivity index (χ4n) is 3.18. The third-order valence-corrected chi connectivity index (χ3v) is 5.80. The van der Waals surface area contributed by atoms with E-state index in [1.54, 1.807) is 26.6 Å². The molecule has 1 saturated carbocycles. The second kappa shape index (κ2) is 8.97. The fraction of sp³-hybridized carbons (Fsp3) is 0.450. The number of anilines is 1. The summed E-state index contributed by atoms with van der Waals surface area (Å²) in [5.41, 5.74) is 2.42. The molecule has 1 aliphatic rings. The molecule has 0 bridgehead atoms. The van der Waals surface area contributed by atoms with Gasteiger partial charge in [0, 0.05) is 25.4 Å². The summed E-state index contributed by atoms with van der Waals surface area (Å²) < 4.78 is 16.4. The molecule has 2 atom stereocenters. The average Bonchev–Trinajstić information content (AvgIpc) is 3.52. The van der Waals surface area contributed by atoms with Crippen LogP contribution in [0.2, 0.25) is 0 Å². The molecule has 0 aliphatic heterocycles. The Kier molecular flexibility index (Phi) is 6.14. The highest BCUT2D eigenvalue weighted by molar-refractivity contribution is 8.01. The zero-order chi connectivity index (χ0) is 21.1. The SMILES string of the molecule is COc1cccc(-c2nnc(NSC(C)C(OC)c3cnc(C)cn3)n2C2CC2)n1. The first kappa shape index (κ1) is 20.5. The Labute approximate surface area is 179 Å². The van der Waals surface area contributed by atoms with Crippen LogP contribution in [0.4, 0.5) is 5.95 Å². The highest BCUT2D eigenvalue weighted by Crippen LogP contribution is 2.41. The lowest BCUT2D eigenvalue weighted by atomic mass is 10.2. The molecule has 3 heterocycles. The number of hydrogen-bond acceptors (Lipinski definition) is 9. The minimum absolute atomic E-state index is 0.0646. The molecular formula is C20H25N7O2S. The first-order chi connectivity index (χ1) is 14.6. The Bertz CT molecular complexity index is 991. The summed E-state index contributed by atoms with van der Waals surface area (Å²) in [5, 5.41) is 8.85. The minimum Gasteiger partial charge on any atom is -0.481 e. The van der Waals surface area contributed by atoms with Crippen molar-refractivity contribution in [2.75, 3.05) is 18.9 Å². The smallest absolute Gasteiger partial charge is 0.235 e. The quantitative estimate of drug-likeness (QED) is 0.513. The van der Waals surface area contributed by atoms with Crippen LogP contribution in [-0.2, 0) is 4.74 Å². The van der Waals surface area contributed by atoms with Crippen molar-refractivity contribution in [1.29, 1.82) is 0 Å². The van der Waals surface area contributed by atoms with Crippen molar-refractivity contribution in [2.45, 2.75) is 44.1 Å².